The van der Waals surface area contributed by atoms with Crippen molar-refractivity contribution >= 4 is 11.9 Å². The van der Waals surface area contributed by atoms with E-state index in [1.807, 2.05) is 41.3 Å². The lowest BCUT2D eigenvalue weighted by molar-refractivity contribution is -0.129. The quantitative estimate of drug-likeness (QED) is 0.836. The predicted octanol–water partition coefficient (Wildman–Crippen LogP) is 2.51. The van der Waals surface area contributed by atoms with E-state index in [9.17, 15) is 9.59 Å². The molecule has 0 saturated carbocycles. The van der Waals surface area contributed by atoms with Crippen molar-refractivity contribution < 1.29 is 19.8 Å². The van der Waals surface area contributed by atoms with Crippen LogP contribution in [0.1, 0.15) is 33.5 Å². The van der Waals surface area contributed by atoms with Crippen LogP contribution in [-0.4, -0.2) is 40.1 Å². The smallest absolute Gasteiger partial charge is 0.335 e. The molecule has 0 aliphatic carbocycles. The van der Waals surface area contributed by atoms with Crippen LogP contribution >= 0.6 is 0 Å². The molecule has 2 aromatic rings. The second kappa shape index (κ2) is 8.15. The molecule has 1 fully saturated rings. The molecule has 1 atom stereocenters. The molecule has 5 heteroatoms. The zero-order chi connectivity index (χ0) is 18.5. The van der Waals surface area contributed by atoms with Gasteiger partial charge in [0.2, 0.25) is 5.91 Å². The molecule has 0 aromatic heterocycles. The van der Waals surface area contributed by atoms with Crippen molar-refractivity contribution in [2.24, 2.45) is 5.92 Å². The van der Waals surface area contributed by atoms with Crippen LogP contribution in [0.5, 0.6) is 0 Å². The summed E-state index contributed by atoms with van der Waals surface area (Å²) in [5.41, 5.74) is 3.20. The number of nitrogens with zero attached hydrogens (tertiary/aromatic N) is 1. The molecule has 0 spiro atoms. The predicted molar refractivity (Wildman–Crippen MR) is 97.9 cm³/mol. The minimum Gasteiger partial charge on any atom is -0.478 e. The highest BCUT2D eigenvalue weighted by Crippen LogP contribution is 2.22. The molecule has 1 aliphatic rings. The van der Waals surface area contributed by atoms with Crippen LogP contribution in [0.25, 0.3) is 0 Å². The zero-order valence-electron chi connectivity index (χ0n) is 14.6. The van der Waals surface area contributed by atoms with Gasteiger partial charge in [-0.25, -0.2) is 4.79 Å². The summed E-state index contributed by atoms with van der Waals surface area (Å²) < 4.78 is 0. The third-order valence-corrected chi connectivity index (χ3v) is 4.92. The van der Waals surface area contributed by atoms with Crippen LogP contribution in [0.2, 0.25) is 0 Å². The van der Waals surface area contributed by atoms with Gasteiger partial charge in [-0.2, -0.15) is 0 Å². The van der Waals surface area contributed by atoms with E-state index in [4.69, 9.17) is 10.2 Å². The Balaban J connectivity index is 1.52. The van der Waals surface area contributed by atoms with E-state index < -0.39 is 5.97 Å². The van der Waals surface area contributed by atoms with Gasteiger partial charge in [0.1, 0.15) is 0 Å². The number of amides is 1. The second-order valence-electron chi connectivity index (χ2n) is 6.85. The van der Waals surface area contributed by atoms with Crippen molar-refractivity contribution in [1.29, 1.82) is 0 Å². The molecule has 0 radical (unpaired) electrons. The van der Waals surface area contributed by atoms with Crippen molar-refractivity contribution in [3.8, 4) is 0 Å². The molecule has 3 rings (SSSR count). The second-order valence-corrected chi connectivity index (χ2v) is 6.85. The zero-order valence-corrected chi connectivity index (χ0v) is 14.6. The van der Waals surface area contributed by atoms with Gasteiger partial charge in [-0.05, 0) is 47.6 Å². The maximum Gasteiger partial charge on any atom is 0.335 e. The summed E-state index contributed by atoms with van der Waals surface area (Å²) in [5.74, 6) is -0.377. The summed E-state index contributed by atoms with van der Waals surface area (Å²) in [6, 6.07) is 14.4. The summed E-state index contributed by atoms with van der Waals surface area (Å²) in [6.07, 6.45) is 2.20. The fourth-order valence-electron chi connectivity index (χ4n) is 3.39. The lowest BCUT2D eigenvalue weighted by Gasteiger charge is -2.17. The first-order chi connectivity index (χ1) is 12.5. The van der Waals surface area contributed by atoms with Crippen LogP contribution in [0.15, 0.2) is 48.5 Å². The fraction of sp³-hybridized carbons (Fsp3) is 0.333. The molecule has 0 bridgehead atoms. The molecule has 0 unspecified atom stereocenters. The number of aliphatic hydroxyl groups excluding tert-OH is 1. The molecule has 1 amide bonds. The number of hydrogen-bond acceptors (Lipinski definition) is 3. The molecule has 26 heavy (non-hydrogen) atoms. The normalized spacial score (nSPS) is 16.7. The number of aliphatic hydroxyl groups is 1. The third kappa shape index (κ3) is 4.49. The highest BCUT2D eigenvalue weighted by molar-refractivity contribution is 5.87. The average Bonchev–Trinajstić information content (AvgIpc) is 3.11. The first-order valence-corrected chi connectivity index (χ1v) is 8.84. The van der Waals surface area contributed by atoms with E-state index in [0.717, 1.165) is 42.6 Å². The van der Waals surface area contributed by atoms with Gasteiger partial charge in [0.15, 0.2) is 0 Å². The number of hydrogen-bond donors (Lipinski definition) is 2. The van der Waals surface area contributed by atoms with Crippen molar-refractivity contribution in [3.63, 3.8) is 0 Å². The molecule has 1 heterocycles. The van der Waals surface area contributed by atoms with Crippen LogP contribution in [0.4, 0.5) is 0 Å². The van der Waals surface area contributed by atoms with E-state index in [1.165, 1.54) is 0 Å². The van der Waals surface area contributed by atoms with Gasteiger partial charge < -0.3 is 15.1 Å². The average molecular weight is 353 g/mol. The van der Waals surface area contributed by atoms with E-state index >= 15 is 0 Å². The van der Waals surface area contributed by atoms with Gasteiger partial charge in [-0.3, -0.25) is 4.79 Å². The number of benzene rings is 2. The number of rotatable bonds is 6. The summed E-state index contributed by atoms with van der Waals surface area (Å²) >= 11 is 0. The topological polar surface area (TPSA) is 77.8 Å². The Hall–Kier alpha value is -2.66. The Bertz CT molecular complexity index is 768. The van der Waals surface area contributed by atoms with Crippen molar-refractivity contribution in [2.45, 2.75) is 25.9 Å². The highest BCUT2D eigenvalue weighted by Gasteiger charge is 2.26. The number of carbonyl (C=O) groups excluding carboxylic acids is 1. The molecule has 1 aliphatic heterocycles. The van der Waals surface area contributed by atoms with Crippen LogP contribution < -0.4 is 0 Å². The third-order valence-electron chi connectivity index (χ3n) is 4.92. The Kier molecular flexibility index (Phi) is 5.68. The molecule has 5 nitrogen and oxygen atoms in total. The first-order valence-electron chi connectivity index (χ1n) is 8.84. The van der Waals surface area contributed by atoms with Gasteiger partial charge in [0, 0.05) is 13.1 Å². The Morgan fingerprint density at radius 2 is 1.58 bits per heavy atom. The Morgan fingerprint density at radius 1 is 0.962 bits per heavy atom. The Labute approximate surface area is 152 Å². The number of carbonyl (C=O) groups is 2. The number of likely N-dealkylation sites (tertiary alicyclic amines) is 1. The van der Waals surface area contributed by atoms with Gasteiger partial charge >= 0.3 is 5.97 Å². The van der Waals surface area contributed by atoms with Crippen LogP contribution in [-0.2, 0) is 24.2 Å². The summed E-state index contributed by atoms with van der Waals surface area (Å²) in [6.45, 7) is 1.52. The van der Waals surface area contributed by atoms with Crippen molar-refractivity contribution in [1.82, 2.24) is 4.90 Å². The number of carboxylic acids is 1. The highest BCUT2D eigenvalue weighted by atomic mass is 16.4. The molecular formula is C21H23NO4. The number of carboxylic acid groups (broad SMARTS) is 1. The van der Waals surface area contributed by atoms with E-state index in [0.29, 0.717) is 17.9 Å². The van der Waals surface area contributed by atoms with E-state index in [1.54, 1.807) is 12.1 Å². The maximum absolute atomic E-state index is 12.5. The summed E-state index contributed by atoms with van der Waals surface area (Å²) in [4.78, 5) is 25.3. The SMILES string of the molecule is O=C(O)c1ccc(C[C@@H]2CCN(C(=O)Cc3ccc(CO)cc3)C2)cc1. The summed E-state index contributed by atoms with van der Waals surface area (Å²) in [7, 11) is 0. The van der Waals surface area contributed by atoms with Crippen molar-refractivity contribution in [3.05, 3.63) is 70.8 Å². The molecule has 2 aromatic carbocycles. The van der Waals surface area contributed by atoms with Crippen LogP contribution in [0.3, 0.4) is 0 Å². The summed E-state index contributed by atoms with van der Waals surface area (Å²) in [5, 5.41) is 18.0. The molecule has 136 valence electrons. The van der Waals surface area contributed by atoms with Gasteiger partial charge in [0.25, 0.3) is 0 Å². The van der Waals surface area contributed by atoms with Gasteiger partial charge in [-0.1, -0.05) is 36.4 Å². The Morgan fingerprint density at radius 3 is 2.19 bits per heavy atom. The van der Waals surface area contributed by atoms with Gasteiger partial charge in [-0.15, -0.1) is 0 Å². The lowest BCUT2D eigenvalue weighted by atomic mass is 9.98. The molecule has 1 saturated heterocycles. The minimum absolute atomic E-state index is 0.00940. The standard InChI is InChI=1S/C21H23NO4/c23-14-17-3-1-16(2-4-17)12-20(24)22-10-9-18(13-22)11-15-5-7-19(8-6-15)21(25)26/h1-8,18,23H,9-14H2,(H,25,26)/t18-/m0/s1. The maximum atomic E-state index is 12.5. The van der Waals surface area contributed by atoms with Crippen LogP contribution in [0, 0.1) is 5.92 Å². The minimum atomic E-state index is -0.916. The van der Waals surface area contributed by atoms with E-state index in [2.05, 4.69) is 0 Å². The van der Waals surface area contributed by atoms with Crippen molar-refractivity contribution in [2.75, 3.05) is 13.1 Å². The lowest BCUT2D eigenvalue weighted by Crippen LogP contribution is -2.30. The first kappa shape index (κ1) is 18.1. The largest absolute Gasteiger partial charge is 0.478 e. The fourth-order valence-corrected chi connectivity index (χ4v) is 3.39. The molecule has 2 N–H and O–H groups in total. The van der Waals surface area contributed by atoms with Gasteiger partial charge in [0.05, 0.1) is 18.6 Å². The monoisotopic (exact) mass is 353 g/mol. The van der Waals surface area contributed by atoms with E-state index in [-0.39, 0.29) is 12.5 Å². The molecular weight excluding hydrogens is 330 g/mol. The number of aromatic carboxylic acids is 1.